The molecule has 0 aromatic heterocycles. The predicted molar refractivity (Wildman–Crippen MR) is 95.2 cm³/mol. The standard InChI is InChI=1S/C21H27NO/c1-23-21-14-12-20(13-15-21)22(16-18-8-4-2-5-9-18)17-19-10-6-3-7-11-19/h2-11,20-21H,12-17H2,1H3. The van der Waals surface area contributed by atoms with E-state index in [2.05, 4.69) is 65.6 Å². The van der Waals surface area contributed by atoms with Crippen molar-refractivity contribution in [1.29, 1.82) is 0 Å². The fraction of sp³-hybridized carbons (Fsp3) is 0.429. The molecule has 0 amide bonds. The van der Waals surface area contributed by atoms with Crippen molar-refractivity contribution in [1.82, 2.24) is 4.90 Å². The first kappa shape index (κ1) is 16.2. The average Bonchev–Trinajstić information content (AvgIpc) is 2.63. The van der Waals surface area contributed by atoms with Gasteiger partial charge in [-0.25, -0.2) is 0 Å². The van der Waals surface area contributed by atoms with E-state index in [4.69, 9.17) is 4.74 Å². The van der Waals surface area contributed by atoms with Gasteiger partial charge in [0, 0.05) is 26.2 Å². The summed E-state index contributed by atoms with van der Waals surface area (Å²) in [4.78, 5) is 2.65. The van der Waals surface area contributed by atoms with Crippen molar-refractivity contribution in [3.05, 3.63) is 71.8 Å². The lowest BCUT2D eigenvalue weighted by Gasteiger charge is -2.36. The normalized spacial score (nSPS) is 21.5. The van der Waals surface area contributed by atoms with Gasteiger partial charge in [-0.15, -0.1) is 0 Å². The third-order valence-electron chi connectivity index (χ3n) is 4.95. The maximum Gasteiger partial charge on any atom is 0.0572 e. The van der Waals surface area contributed by atoms with E-state index >= 15 is 0 Å². The molecule has 122 valence electrons. The molecule has 1 fully saturated rings. The first-order chi connectivity index (χ1) is 11.3. The Balaban J connectivity index is 1.70. The molecule has 3 rings (SSSR count). The van der Waals surface area contributed by atoms with Gasteiger partial charge in [0.2, 0.25) is 0 Å². The summed E-state index contributed by atoms with van der Waals surface area (Å²) in [5, 5.41) is 0. The smallest absolute Gasteiger partial charge is 0.0572 e. The van der Waals surface area contributed by atoms with Crippen molar-refractivity contribution in [3.8, 4) is 0 Å². The molecule has 1 aliphatic carbocycles. The minimum Gasteiger partial charge on any atom is -0.381 e. The van der Waals surface area contributed by atoms with Crippen molar-refractivity contribution in [3.63, 3.8) is 0 Å². The molecule has 1 aliphatic rings. The van der Waals surface area contributed by atoms with Crippen molar-refractivity contribution < 1.29 is 4.74 Å². The van der Waals surface area contributed by atoms with Gasteiger partial charge in [-0.1, -0.05) is 60.7 Å². The Morgan fingerprint density at radius 2 is 1.26 bits per heavy atom. The van der Waals surface area contributed by atoms with Crippen LogP contribution in [0.2, 0.25) is 0 Å². The number of hydrogen-bond donors (Lipinski definition) is 0. The Labute approximate surface area is 140 Å². The minimum absolute atomic E-state index is 0.460. The largest absolute Gasteiger partial charge is 0.381 e. The predicted octanol–water partition coefficient (Wildman–Crippen LogP) is 4.65. The Hall–Kier alpha value is -1.64. The van der Waals surface area contributed by atoms with E-state index in [1.54, 1.807) is 0 Å². The summed E-state index contributed by atoms with van der Waals surface area (Å²) in [6.07, 6.45) is 5.29. The molecule has 23 heavy (non-hydrogen) atoms. The molecule has 2 nitrogen and oxygen atoms in total. The number of rotatable bonds is 6. The van der Waals surface area contributed by atoms with Crippen LogP contribution in [0.3, 0.4) is 0 Å². The summed E-state index contributed by atoms with van der Waals surface area (Å²) in [5.41, 5.74) is 2.80. The summed E-state index contributed by atoms with van der Waals surface area (Å²) in [5.74, 6) is 0. The van der Waals surface area contributed by atoms with Gasteiger partial charge in [-0.3, -0.25) is 4.90 Å². The lowest BCUT2D eigenvalue weighted by Crippen LogP contribution is -2.38. The molecular weight excluding hydrogens is 282 g/mol. The van der Waals surface area contributed by atoms with Gasteiger partial charge in [0.25, 0.3) is 0 Å². The highest BCUT2D eigenvalue weighted by atomic mass is 16.5. The Bertz CT molecular complexity index is 519. The highest BCUT2D eigenvalue weighted by molar-refractivity contribution is 5.17. The molecule has 0 N–H and O–H groups in total. The first-order valence-electron chi connectivity index (χ1n) is 8.70. The van der Waals surface area contributed by atoms with E-state index < -0.39 is 0 Å². The molecule has 0 aliphatic heterocycles. The summed E-state index contributed by atoms with van der Waals surface area (Å²) in [6, 6.07) is 22.3. The van der Waals surface area contributed by atoms with Gasteiger partial charge in [0.15, 0.2) is 0 Å². The fourth-order valence-electron chi connectivity index (χ4n) is 3.60. The van der Waals surface area contributed by atoms with E-state index in [9.17, 15) is 0 Å². The maximum absolute atomic E-state index is 5.54. The zero-order chi connectivity index (χ0) is 15.9. The third-order valence-corrected chi connectivity index (χ3v) is 4.95. The van der Waals surface area contributed by atoms with Crippen LogP contribution in [0.15, 0.2) is 60.7 Å². The first-order valence-corrected chi connectivity index (χ1v) is 8.70. The lowest BCUT2D eigenvalue weighted by atomic mass is 9.91. The Morgan fingerprint density at radius 1 is 0.783 bits per heavy atom. The molecule has 0 unspecified atom stereocenters. The second-order valence-corrected chi connectivity index (χ2v) is 6.54. The number of ether oxygens (including phenoxy) is 1. The van der Waals surface area contributed by atoms with E-state index in [0.717, 1.165) is 13.1 Å². The second kappa shape index (κ2) is 8.28. The monoisotopic (exact) mass is 309 g/mol. The van der Waals surface area contributed by atoms with Gasteiger partial charge in [-0.2, -0.15) is 0 Å². The van der Waals surface area contributed by atoms with Crippen molar-refractivity contribution in [2.75, 3.05) is 7.11 Å². The van der Waals surface area contributed by atoms with Crippen LogP contribution in [0.5, 0.6) is 0 Å². The Morgan fingerprint density at radius 3 is 1.70 bits per heavy atom. The van der Waals surface area contributed by atoms with Gasteiger partial charge in [0.05, 0.1) is 6.10 Å². The zero-order valence-corrected chi connectivity index (χ0v) is 14.0. The van der Waals surface area contributed by atoms with E-state index in [-0.39, 0.29) is 0 Å². The summed E-state index contributed by atoms with van der Waals surface area (Å²) in [7, 11) is 1.84. The van der Waals surface area contributed by atoms with Gasteiger partial charge in [0.1, 0.15) is 0 Å². The maximum atomic E-state index is 5.54. The lowest BCUT2D eigenvalue weighted by molar-refractivity contribution is 0.0341. The number of methoxy groups -OCH3 is 1. The summed E-state index contributed by atoms with van der Waals surface area (Å²) < 4.78 is 5.54. The van der Waals surface area contributed by atoms with Crippen LogP contribution in [-0.4, -0.2) is 24.2 Å². The molecule has 2 aromatic carbocycles. The molecule has 2 heteroatoms. The van der Waals surface area contributed by atoms with E-state index in [1.807, 2.05) is 7.11 Å². The summed E-state index contributed by atoms with van der Waals surface area (Å²) in [6.45, 7) is 2.05. The summed E-state index contributed by atoms with van der Waals surface area (Å²) >= 11 is 0. The van der Waals surface area contributed by atoms with E-state index in [1.165, 1.54) is 36.8 Å². The second-order valence-electron chi connectivity index (χ2n) is 6.54. The Kier molecular flexibility index (Phi) is 5.84. The van der Waals surface area contributed by atoms with Gasteiger partial charge >= 0.3 is 0 Å². The third kappa shape index (κ3) is 4.66. The van der Waals surface area contributed by atoms with Crippen LogP contribution in [0.25, 0.3) is 0 Å². The highest BCUT2D eigenvalue weighted by Gasteiger charge is 2.25. The molecule has 0 heterocycles. The number of hydrogen-bond acceptors (Lipinski definition) is 2. The average molecular weight is 309 g/mol. The zero-order valence-electron chi connectivity index (χ0n) is 14.0. The molecule has 1 saturated carbocycles. The van der Waals surface area contributed by atoms with Crippen LogP contribution in [-0.2, 0) is 17.8 Å². The molecule has 0 saturated heterocycles. The molecule has 2 aromatic rings. The van der Waals surface area contributed by atoms with E-state index in [0.29, 0.717) is 12.1 Å². The SMILES string of the molecule is COC1CCC(N(Cc2ccccc2)Cc2ccccc2)CC1. The van der Waals surface area contributed by atoms with Crippen molar-refractivity contribution in [2.24, 2.45) is 0 Å². The van der Waals surface area contributed by atoms with Crippen LogP contribution >= 0.6 is 0 Å². The van der Waals surface area contributed by atoms with Crippen molar-refractivity contribution in [2.45, 2.75) is 50.9 Å². The highest BCUT2D eigenvalue weighted by Crippen LogP contribution is 2.27. The van der Waals surface area contributed by atoms with Crippen LogP contribution in [0, 0.1) is 0 Å². The fourth-order valence-corrected chi connectivity index (χ4v) is 3.60. The van der Waals surface area contributed by atoms with Crippen molar-refractivity contribution >= 4 is 0 Å². The molecule has 0 spiro atoms. The molecule has 0 bridgehead atoms. The van der Waals surface area contributed by atoms with Crippen LogP contribution < -0.4 is 0 Å². The molecule has 0 radical (unpaired) electrons. The van der Waals surface area contributed by atoms with Crippen LogP contribution in [0.4, 0.5) is 0 Å². The van der Waals surface area contributed by atoms with Gasteiger partial charge < -0.3 is 4.74 Å². The van der Waals surface area contributed by atoms with Gasteiger partial charge in [-0.05, 0) is 36.8 Å². The van der Waals surface area contributed by atoms with Crippen LogP contribution in [0.1, 0.15) is 36.8 Å². The topological polar surface area (TPSA) is 12.5 Å². The minimum atomic E-state index is 0.460. The number of nitrogens with zero attached hydrogens (tertiary/aromatic N) is 1. The number of benzene rings is 2. The molecular formula is C21H27NO. The molecule has 0 atom stereocenters. The quantitative estimate of drug-likeness (QED) is 0.770.